The van der Waals surface area contributed by atoms with E-state index in [2.05, 4.69) is 29.6 Å². The zero-order chi connectivity index (χ0) is 21.5. The van der Waals surface area contributed by atoms with Crippen molar-refractivity contribution in [2.75, 3.05) is 11.5 Å². The van der Waals surface area contributed by atoms with Crippen molar-refractivity contribution in [3.05, 3.63) is 94.3 Å². The molecule has 0 saturated heterocycles. The molecule has 2 heterocycles. The number of aromatic nitrogens is 1. The van der Waals surface area contributed by atoms with Gasteiger partial charge < -0.3 is 0 Å². The zero-order valence-electron chi connectivity index (χ0n) is 16.6. The lowest BCUT2D eigenvalue weighted by atomic mass is 10.0. The molecule has 0 N–H and O–H groups in total. The van der Waals surface area contributed by atoms with Gasteiger partial charge in [-0.2, -0.15) is 17.0 Å². The van der Waals surface area contributed by atoms with Crippen molar-refractivity contribution in [3.8, 4) is 27.8 Å². The molecule has 0 saturated carbocycles. The fourth-order valence-electron chi connectivity index (χ4n) is 3.10. The third-order valence-corrected chi connectivity index (χ3v) is 8.02. The molecule has 2 aromatic carbocycles. The summed E-state index contributed by atoms with van der Waals surface area (Å²) in [4.78, 5) is 5.98. The molecule has 4 rings (SSSR count). The summed E-state index contributed by atoms with van der Waals surface area (Å²) in [5.41, 5.74) is 4.82. The van der Waals surface area contributed by atoms with Crippen LogP contribution in [-0.4, -0.2) is 16.5 Å². The highest BCUT2D eigenvalue weighted by Gasteiger charge is 2.16. The summed E-state index contributed by atoms with van der Waals surface area (Å²) in [6.07, 6.45) is 0. The van der Waals surface area contributed by atoms with Gasteiger partial charge in [-0.3, -0.25) is 0 Å². The Balaban J connectivity index is 1.52. The summed E-state index contributed by atoms with van der Waals surface area (Å²) >= 11 is 11.2. The van der Waals surface area contributed by atoms with Gasteiger partial charge >= 0.3 is 0 Å². The Hall–Kier alpha value is -2.23. The lowest BCUT2D eigenvalue weighted by Crippen LogP contribution is -1.96. The van der Waals surface area contributed by atoms with Crippen LogP contribution in [0.1, 0.15) is 11.1 Å². The van der Waals surface area contributed by atoms with E-state index in [4.69, 9.17) is 16.6 Å². The predicted molar refractivity (Wildman–Crippen MR) is 136 cm³/mol. The minimum Gasteiger partial charge on any atom is -0.239 e. The Kier molecular flexibility index (Phi) is 7.71. The highest BCUT2D eigenvalue weighted by molar-refractivity contribution is 8.02. The van der Waals surface area contributed by atoms with Gasteiger partial charge in [0.25, 0.3) is 0 Å². The lowest BCUT2D eigenvalue weighted by Gasteiger charge is -2.12. The van der Waals surface area contributed by atoms with E-state index >= 15 is 0 Å². The first-order valence-corrected chi connectivity index (χ1v) is 13.1. The second-order valence-electron chi connectivity index (χ2n) is 6.72. The number of nitrogens with zero attached hydrogens (tertiary/aromatic N) is 2. The molecule has 154 valence electrons. The van der Waals surface area contributed by atoms with Crippen LogP contribution < -0.4 is 0 Å². The number of hydrogen-bond acceptors (Lipinski definition) is 5. The van der Waals surface area contributed by atoms with E-state index in [0.29, 0.717) is 5.56 Å². The van der Waals surface area contributed by atoms with Gasteiger partial charge in [0, 0.05) is 27.8 Å². The Morgan fingerprint density at radius 3 is 2.48 bits per heavy atom. The number of pyridine rings is 1. The van der Waals surface area contributed by atoms with Gasteiger partial charge in [0.15, 0.2) is 0 Å². The summed E-state index contributed by atoms with van der Waals surface area (Å²) in [5, 5.41) is 13.6. The standard InChI is InChI=1S/C25H19ClN2S3/c26-20-10-8-18(9-11-20)17-29-13-14-31-25-22(16-27)21(19-5-2-1-3-6-19)15-23(28-25)24-7-4-12-30-24/h1-12,15H,13-14,17H2. The highest BCUT2D eigenvalue weighted by Crippen LogP contribution is 2.35. The summed E-state index contributed by atoms with van der Waals surface area (Å²) in [6, 6.07) is 26.6. The van der Waals surface area contributed by atoms with E-state index in [1.807, 2.05) is 66.4 Å². The predicted octanol–water partition coefficient (Wildman–Crippen LogP) is 8.03. The number of halogens is 1. The summed E-state index contributed by atoms with van der Waals surface area (Å²) < 4.78 is 0. The molecule has 0 atom stereocenters. The maximum atomic E-state index is 9.94. The van der Waals surface area contributed by atoms with Crippen molar-refractivity contribution in [2.45, 2.75) is 10.8 Å². The van der Waals surface area contributed by atoms with Crippen LogP contribution in [0.3, 0.4) is 0 Å². The largest absolute Gasteiger partial charge is 0.239 e. The second kappa shape index (κ2) is 10.9. The first-order chi connectivity index (χ1) is 15.2. The van der Waals surface area contributed by atoms with Gasteiger partial charge in [-0.1, -0.05) is 60.1 Å². The molecular weight excluding hydrogens is 460 g/mol. The number of hydrogen-bond donors (Lipinski definition) is 0. The van der Waals surface area contributed by atoms with Crippen molar-refractivity contribution in [1.82, 2.24) is 4.98 Å². The van der Waals surface area contributed by atoms with Crippen molar-refractivity contribution >= 4 is 46.5 Å². The van der Waals surface area contributed by atoms with E-state index in [-0.39, 0.29) is 0 Å². The summed E-state index contributed by atoms with van der Waals surface area (Å²) in [5.74, 6) is 2.81. The number of rotatable bonds is 8. The molecule has 0 fully saturated rings. The highest BCUT2D eigenvalue weighted by atomic mass is 35.5. The monoisotopic (exact) mass is 478 g/mol. The third kappa shape index (κ3) is 5.72. The quantitative estimate of drug-likeness (QED) is 0.190. The molecule has 4 aromatic rings. The molecule has 0 unspecified atom stereocenters. The van der Waals surface area contributed by atoms with Crippen LogP contribution in [0.15, 0.2) is 83.2 Å². The first-order valence-electron chi connectivity index (χ1n) is 9.74. The van der Waals surface area contributed by atoms with Crippen molar-refractivity contribution < 1.29 is 0 Å². The number of thioether (sulfide) groups is 2. The zero-order valence-corrected chi connectivity index (χ0v) is 19.8. The number of benzene rings is 2. The van der Waals surface area contributed by atoms with Crippen LogP contribution in [0.5, 0.6) is 0 Å². The van der Waals surface area contributed by atoms with E-state index in [0.717, 1.165) is 49.0 Å². The molecule has 0 radical (unpaired) electrons. The maximum Gasteiger partial charge on any atom is 0.115 e. The average Bonchev–Trinajstić information content (AvgIpc) is 3.35. The van der Waals surface area contributed by atoms with E-state index in [1.54, 1.807) is 23.1 Å². The Labute approximate surface area is 200 Å². The molecule has 2 nitrogen and oxygen atoms in total. The molecule has 0 aliphatic rings. The van der Waals surface area contributed by atoms with Crippen LogP contribution in [0.25, 0.3) is 21.7 Å². The average molecular weight is 479 g/mol. The van der Waals surface area contributed by atoms with Crippen molar-refractivity contribution in [2.24, 2.45) is 0 Å². The molecule has 31 heavy (non-hydrogen) atoms. The number of nitriles is 1. The topological polar surface area (TPSA) is 36.7 Å². The van der Waals surface area contributed by atoms with Crippen LogP contribution in [-0.2, 0) is 5.75 Å². The van der Waals surface area contributed by atoms with E-state index in [9.17, 15) is 5.26 Å². The van der Waals surface area contributed by atoms with Crippen molar-refractivity contribution in [3.63, 3.8) is 0 Å². The Bertz CT molecular complexity index is 1170. The molecule has 6 heteroatoms. The normalized spacial score (nSPS) is 10.7. The molecule has 0 aliphatic carbocycles. The second-order valence-corrected chi connectivity index (χ2v) is 10.3. The molecule has 0 aliphatic heterocycles. The summed E-state index contributed by atoms with van der Waals surface area (Å²) in [7, 11) is 0. The number of thiophene rings is 1. The van der Waals surface area contributed by atoms with Crippen LogP contribution in [0.4, 0.5) is 0 Å². The van der Waals surface area contributed by atoms with Crippen LogP contribution in [0, 0.1) is 11.3 Å². The Morgan fingerprint density at radius 2 is 1.77 bits per heavy atom. The van der Waals surface area contributed by atoms with E-state index in [1.165, 1.54) is 5.56 Å². The molecule has 0 amide bonds. The van der Waals surface area contributed by atoms with Gasteiger partial charge in [-0.05, 0) is 40.8 Å². The molecule has 2 aromatic heterocycles. The van der Waals surface area contributed by atoms with Gasteiger partial charge in [-0.25, -0.2) is 4.98 Å². The molecule has 0 bridgehead atoms. The van der Waals surface area contributed by atoms with Gasteiger partial charge in [0.2, 0.25) is 0 Å². The van der Waals surface area contributed by atoms with Gasteiger partial charge in [0.05, 0.1) is 16.1 Å². The van der Waals surface area contributed by atoms with E-state index < -0.39 is 0 Å². The van der Waals surface area contributed by atoms with Gasteiger partial charge in [-0.15, -0.1) is 23.1 Å². The minimum absolute atomic E-state index is 0.652. The maximum absolute atomic E-state index is 9.94. The van der Waals surface area contributed by atoms with Gasteiger partial charge in [0.1, 0.15) is 11.1 Å². The SMILES string of the molecule is N#Cc1c(-c2ccccc2)cc(-c2cccs2)nc1SCCSCc1ccc(Cl)cc1. The third-order valence-electron chi connectivity index (χ3n) is 4.60. The van der Waals surface area contributed by atoms with Crippen molar-refractivity contribution in [1.29, 1.82) is 5.26 Å². The van der Waals surface area contributed by atoms with Crippen LogP contribution >= 0.6 is 46.5 Å². The lowest BCUT2D eigenvalue weighted by molar-refractivity contribution is 1.12. The fourth-order valence-corrected chi connectivity index (χ4v) is 5.94. The molecular formula is C25H19ClN2S3. The smallest absolute Gasteiger partial charge is 0.115 e. The van der Waals surface area contributed by atoms with Crippen LogP contribution in [0.2, 0.25) is 5.02 Å². The Morgan fingerprint density at radius 1 is 0.968 bits per heavy atom. The summed E-state index contributed by atoms with van der Waals surface area (Å²) in [6.45, 7) is 0. The fraction of sp³-hybridized carbons (Fsp3) is 0.120. The molecule has 0 spiro atoms. The minimum atomic E-state index is 0.652. The first kappa shape index (κ1) is 22.0.